The summed E-state index contributed by atoms with van der Waals surface area (Å²) in [7, 11) is 0. The van der Waals surface area contributed by atoms with Gasteiger partial charge in [0, 0.05) is 38.5 Å². The highest BCUT2D eigenvalue weighted by molar-refractivity contribution is 6.15. The van der Waals surface area contributed by atoms with Crippen LogP contribution in [0.1, 0.15) is 0 Å². The summed E-state index contributed by atoms with van der Waals surface area (Å²) in [5.74, 6) is 0. The molecule has 0 spiro atoms. The van der Waals surface area contributed by atoms with Crippen LogP contribution in [0.2, 0.25) is 0 Å². The third-order valence-electron chi connectivity index (χ3n) is 11.0. The fourth-order valence-corrected chi connectivity index (χ4v) is 8.58. The number of anilines is 3. The Kier molecular flexibility index (Phi) is 7.17. The van der Waals surface area contributed by atoms with Crippen LogP contribution in [0, 0.1) is 0 Å². The molecule has 0 fully saturated rings. The second-order valence-corrected chi connectivity index (χ2v) is 14.1. The standard InChI is InChI=1S/C52H34N2O/c1-2-19-37(20-3-1)53(38-21-14-18-36(34-38)40-27-15-17-35-16-4-5-22-39(35)40)49-33-32-44-43-25-9-13-31-50(43)55-52(44)51(49)45-26-8-12-30-48(45)54-46-28-10-6-23-41(46)42-24-7-11-29-47(42)54/h1-34H. The Labute approximate surface area is 318 Å². The summed E-state index contributed by atoms with van der Waals surface area (Å²) in [6.45, 7) is 0. The van der Waals surface area contributed by atoms with Crippen LogP contribution in [0.15, 0.2) is 211 Å². The van der Waals surface area contributed by atoms with E-state index in [9.17, 15) is 0 Å². The van der Waals surface area contributed by atoms with Gasteiger partial charge in [0.1, 0.15) is 11.2 Å². The fraction of sp³-hybridized carbons (Fsp3) is 0. The lowest BCUT2D eigenvalue weighted by atomic mass is 9.95. The van der Waals surface area contributed by atoms with Gasteiger partial charge in [-0.1, -0.05) is 146 Å². The van der Waals surface area contributed by atoms with Gasteiger partial charge >= 0.3 is 0 Å². The third-order valence-corrected chi connectivity index (χ3v) is 11.0. The fourth-order valence-electron chi connectivity index (χ4n) is 8.58. The van der Waals surface area contributed by atoms with E-state index < -0.39 is 0 Å². The number of hydrogen-bond donors (Lipinski definition) is 0. The van der Waals surface area contributed by atoms with Crippen molar-refractivity contribution in [2.24, 2.45) is 0 Å². The molecule has 2 heterocycles. The summed E-state index contributed by atoms with van der Waals surface area (Å²) in [5.41, 5.74) is 12.8. The Hall–Kier alpha value is -7.36. The van der Waals surface area contributed by atoms with E-state index in [0.717, 1.165) is 72.4 Å². The molecule has 0 N–H and O–H groups in total. The van der Waals surface area contributed by atoms with E-state index in [4.69, 9.17) is 4.42 Å². The van der Waals surface area contributed by atoms with Crippen LogP contribution in [-0.2, 0) is 0 Å². The SMILES string of the molecule is c1ccc(N(c2cccc(-c3cccc4ccccc34)c2)c2ccc3c(oc4ccccc43)c2-c2ccccc2-n2c3ccccc3c3ccccc32)cc1. The molecule has 3 nitrogen and oxygen atoms in total. The molecule has 11 rings (SSSR count). The third kappa shape index (κ3) is 4.98. The molecular weight excluding hydrogens is 669 g/mol. The van der Waals surface area contributed by atoms with Crippen molar-refractivity contribution in [2.45, 2.75) is 0 Å². The highest BCUT2D eigenvalue weighted by Gasteiger charge is 2.26. The van der Waals surface area contributed by atoms with Gasteiger partial charge in [-0.15, -0.1) is 0 Å². The first kappa shape index (κ1) is 31.2. The largest absolute Gasteiger partial charge is 0.455 e. The van der Waals surface area contributed by atoms with Crippen LogP contribution in [0.25, 0.3) is 82.5 Å². The molecule has 0 aliphatic heterocycles. The van der Waals surface area contributed by atoms with Crippen molar-refractivity contribution in [1.29, 1.82) is 0 Å². The molecule has 0 aliphatic carbocycles. The second kappa shape index (κ2) is 12.6. The van der Waals surface area contributed by atoms with Crippen LogP contribution in [-0.4, -0.2) is 4.57 Å². The molecule has 0 unspecified atom stereocenters. The molecule has 9 aromatic carbocycles. The van der Waals surface area contributed by atoms with Gasteiger partial charge in [0.2, 0.25) is 0 Å². The number of furan rings is 1. The lowest BCUT2D eigenvalue weighted by Gasteiger charge is -2.29. The van der Waals surface area contributed by atoms with Crippen molar-refractivity contribution in [3.8, 4) is 27.9 Å². The van der Waals surface area contributed by atoms with Gasteiger partial charge in [-0.25, -0.2) is 0 Å². The van der Waals surface area contributed by atoms with E-state index in [-0.39, 0.29) is 0 Å². The van der Waals surface area contributed by atoms with Gasteiger partial charge < -0.3 is 13.9 Å². The molecule has 0 saturated carbocycles. The Morgan fingerprint density at radius 1 is 0.400 bits per heavy atom. The van der Waals surface area contributed by atoms with Gasteiger partial charge in [0.25, 0.3) is 0 Å². The van der Waals surface area contributed by atoms with Crippen LogP contribution in [0.4, 0.5) is 17.1 Å². The quantitative estimate of drug-likeness (QED) is 0.172. The number of benzene rings is 9. The van der Waals surface area contributed by atoms with Gasteiger partial charge in [0.05, 0.1) is 28.0 Å². The molecule has 0 bridgehead atoms. The van der Waals surface area contributed by atoms with Crippen molar-refractivity contribution >= 4 is 71.6 Å². The number of para-hydroxylation sites is 5. The first-order valence-electron chi connectivity index (χ1n) is 18.8. The minimum Gasteiger partial charge on any atom is -0.455 e. The van der Waals surface area contributed by atoms with E-state index in [0.29, 0.717) is 0 Å². The summed E-state index contributed by atoms with van der Waals surface area (Å²) in [6, 6.07) is 73.9. The van der Waals surface area contributed by atoms with Crippen molar-refractivity contribution in [3.05, 3.63) is 206 Å². The van der Waals surface area contributed by atoms with Crippen LogP contribution >= 0.6 is 0 Å². The predicted molar refractivity (Wildman–Crippen MR) is 231 cm³/mol. The van der Waals surface area contributed by atoms with Crippen molar-refractivity contribution in [3.63, 3.8) is 0 Å². The smallest absolute Gasteiger partial charge is 0.145 e. The van der Waals surface area contributed by atoms with E-state index in [2.05, 4.69) is 210 Å². The van der Waals surface area contributed by atoms with E-state index >= 15 is 0 Å². The average molecular weight is 703 g/mol. The van der Waals surface area contributed by atoms with Crippen LogP contribution in [0.3, 0.4) is 0 Å². The van der Waals surface area contributed by atoms with Crippen LogP contribution < -0.4 is 4.90 Å². The van der Waals surface area contributed by atoms with E-state index in [1.165, 1.54) is 27.1 Å². The summed E-state index contributed by atoms with van der Waals surface area (Å²) < 4.78 is 9.37. The van der Waals surface area contributed by atoms with E-state index in [1.54, 1.807) is 0 Å². The van der Waals surface area contributed by atoms with Crippen molar-refractivity contribution in [2.75, 3.05) is 4.90 Å². The second-order valence-electron chi connectivity index (χ2n) is 14.1. The zero-order valence-electron chi connectivity index (χ0n) is 29.9. The van der Waals surface area contributed by atoms with Gasteiger partial charge in [-0.2, -0.15) is 0 Å². The molecule has 11 aromatic rings. The normalized spacial score (nSPS) is 11.6. The van der Waals surface area contributed by atoms with Crippen LogP contribution in [0.5, 0.6) is 0 Å². The highest BCUT2D eigenvalue weighted by Crippen LogP contribution is 2.49. The molecule has 0 atom stereocenters. The summed E-state index contributed by atoms with van der Waals surface area (Å²) in [6.07, 6.45) is 0. The Morgan fingerprint density at radius 2 is 1.00 bits per heavy atom. The summed E-state index contributed by atoms with van der Waals surface area (Å²) in [5, 5.41) is 7.10. The van der Waals surface area contributed by atoms with E-state index in [1.807, 2.05) is 6.07 Å². The molecule has 0 radical (unpaired) electrons. The van der Waals surface area contributed by atoms with Crippen molar-refractivity contribution < 1.29 is 4.42 Å². The molecule has 55 heavy (non-hydrogen) atoms. The Bertz CT molecular complexity index is 3170. The lowest BCUT2D eigenvalue weighted by Crippen LogP contribution is -2.12. The molecule has 0 amide bonds. The lowest BCUT2D eigenvalue weighted by molar-refractivity contribution is 0.670. The first-order valence-corrected chi connectivity index (χ1v) is 18.8. The topological polar surface area (TPSA) is 21.3 Å². The summed E-state index contributed by atoms with van der Waals surface area (Å²) >= 11 is 0. The number of aromatic nitrogens is 1. The number of nitrogens with zero attached hydrogens (tertiary/aromatic N) is 2. The highest BCUT2D eigenvalue weighted by atomic mass is 16.3. The molecule has 3 heteroatoms. The Balaban J connectivity index is 1.23. The average Bonchev–Trinajstić information content (AvgIpc) is 3.80. The van der Waals surface area contributed by atoms with Gasteiger partial charge in [-0.3, -0.25) is 0 Å². The number of fused-ring (bicyclic) bond motifs is 7. The molecular formula is C52H34N2O. The maximum absolute atomic E-state index is 6.95. The molecule has 0 saturated heterocycles. The zero-order valence-corrected chi connectivity index (χ0v) is 29.9. The number of hydrogen-bond acceptors (Lipinski definition) is 2. The van der Waals surface area contributed by atoms with Gasteiger partial charge in [0.15, 0.2) is 0 Å². The summed E-state index contributed by atoms with van der Waals surface area (Å²) in [4.78, 5) is 2.39. The minimum atomic E-state index is 0.859. The van der Waals surface area contributed by atoms with Gasteiger partial charge in [-0.05, 0) is 82.6 Å². The molecule has 2 aromatic heterocycles. The predicted octanol–water partition coefficient (Wildman–Crippen LogP) is 14.6. The maximum atomic E-state index is 6.95. The molecule has 0 aliphatic rings. The Morgan fingerprint density at radius 3 is 1.82 bits per heavy atom. The zero-order chi connectivity index (χ0) is 36.3. The monoisotopic (exact) mass is 702 g/mol. The minimum absolute atomic E-state index is 0.859. The first-order chi connectivity index (χ1) is 27.3. The number of rotatable bonds is 6. The molecule has 258 valence electrons. The maximum Gasteiger partial charge on any atom is 0.145 e. The van der Waals surface area contributed by atoms with Crippen molar-refractivity contribution in [1.82, 2.24) is 4.57 Å².